The summed E-state index contributed by atoms with van der Waals surface area (Å²) in [4.78, 5) is 24.1. The third-order valence-electron chi connectivity index (χ3n) is 6.99. The molecule has 4 rings (SSSR count). The maximum Gasteiger partial charge on any atom is 0.433 e. The fraction of sp³-hybridized carbons (Fsp3) is 0.593. The van der Waals surface area contributed by atoms with E-state index >= 15 is 0 Å². The first-order valence-electron chi connectivity index (χ1n) is 13.1. The van der Waals surface area contributed by atoms with Crippen LogP contribution in [0.15, 0.2) is 29.3 Å². The van der Waals surface area contributed by atoms with Crippen LogP contribution in [0.3, 0.4) is 0 Å². The van der Waals surface area contributed by atoms with Gasteiger partial charge in [0.05, 0.1) is 6.10 Å². The van der Waals surface area contributed by atoms with Crippen molar-refractivity contribution in [2.24, 2.45) is 10.7 Å². The first-order chi connectivity index (χ1) is 18.4. The average Bonchev–Trinajstić information content (AvgIpc) is 3.33. The zero-order valence-corrected chi connectivity index (χ0v) is 22.8. The fourth-order valence-corrected chi connectivity index (χ4v) is 4.88. The smallest absolute Gasteiger partial charge is 0.433 e. The summed E-state index contributed by atoms with van der Waals surface area (Å²) in [5.74, 6) is -0.0717. The highest BCUT2D eigenvalue weighted by Crippen LogP contribution is 2.35. The van der Waals surface area contributed by atoms with Crippen LogP contribution in [0.5, 0.6) is 5.75 Å². The summed E-state index contributed by atoms with van der Waals surface area (Å²) in [5.41, 5.74) is 5.47. The number of hydrogen-bond donors (Lipinski definition) is 2. The molecule has 0 radical (unpaired) electrons. The Morgan fingerprint density at radius 2 is 1.85 bits per heavy atom. The van der Waals surface area contributed by atoms with E-state index in [2.05, 4.69) is 34.0 Å². The summed E-state index contributed by atoms with van der Waals surface area (Å²) in [7, 11) is 1.40. The van der Waals surface area contributed by atoms with Crippen molar-refractivity contribution in [3.05, 3.63) is 35.5 Å². The average molecular weight is 552 g/mol. The number of aromatic nitrogens is 1. The molecule has 0 saturated carbocycles. The van der Waals surface area contributed by atoms with Gasteiger partial charge in [0.1, 0.15) is 23.2 Å². The first kappa shape index (κ1) is 29.0. The highest BCUT2D eigenvalue weighted by Gasteiger charge is 2.42. The molecule has 3 unspecified atom stereocenters. The van der Waals surface area contributed by atoms with Crippen LogP contribution in [0, 0.1) is 0 Å². The third-order valence-corrected chi connectivity index (χ3v) is 6.99. The zero-order chi connectivity index (χ0) is 28.5. The molecule has 1 amide bonds. The van der Waals surface area contributed by atoms with Crippen LogP contribution < -0.4 is 15.8 Å². The van der Waals surface area contributed by atoms with Crippen molar-refractivity contribution in [3.63, 3.8) is 0 Å². The van der Waals surface area contributed by atoms with Crippen LogP contribution in [0.2, 0.25) is 0 Å². The highest BCUT2D eigenvalue weighted by atomic mass is 19.4. The van der Waals surface area contributed by atoms with Crippen molar-refractivity contribution in [1.82, 2.24) is 15.2 Å². The van der Waals surface area contributed by atoms with E-state index < -0.39 is 30.2 Å². The van der Waals surface area contributed by atoms with Crippen molar-refractivity contribution in [2.45, 2.75) is 83.3 Å². The number of alkyl halides is 3. The van der Waals surface area contributed by atoms with Gasteiger partial charge in [-0.05, 0) is 64.8 Å². The number of methoxy groups -OCH3 is 1. The summed E-state index contributed by atoms with van der Waals surface area (Å²) >= 11 is 0. The minimum atomic E-state index is -4.63. The minimum Gasteiger partial charge on any atom is -0.489 e. The Balaban J connectivity index is 1.66. The van der Waals surface area contributed by atoms with E-state index in [0.29, 0.717) is 17.0 Å². The zero-order valence-electron chi connectivity index (χ0n) is 22.8. The molecule has 1 aromatic heterocycles. The van der Waals surface area contributed by atoms with Crippen molar-refractivity contribution in [2.75, 3.05) is 20.2 Å². The predicted octanol–water partition coefficient (Wildman–Crippen LogP) is 3.48. The summed E-state index contributed by atoms with van der Waals surface area (Å²) < 4.78 is 57.4. The van der Waals surface area contributed by atoms with Gasteiger partial charge >= 0.3 is 6.18 Å². The number of amides is 1. The largest absolute Gasteiger partial charge is 0.489 e. The second-order valence-electron chi connectivity index (χ2n) is 10.4. The quantitative estimate of drug-likeness (QED) is 0.484. The number of hydrogen-bond acceptors (Lipinski definition) is 8. The Labute approximate surface area is 225 Å². The molecule has 1 fully saturated rings. The first-order valence-corrected chi connectivity index (χ1v) is 13.1. The molecule has 2 aliphatic rings. The number of carbonyl (C=O) groups excluding carboxylic acids is 1. The highest BCUT2D eigenvalue weighted by molar-refractivity contribution is 6.09. The van der Waals surface area contributed by atoms with Gasteiger partial charge < -0.3 is 30.2 Å². The topological polar surface area (TPSA) is 111 Å². The molecule has 12 heteroatoms. The van der Waals surface area contributed by atoms with Gasteiger partial charge in [0.15, 0.2) is 12.1 Å². The molecule has 1 saturated heterocycles. The predicted molar refractivity (Wildman–Crippen MR) is 141 cm³/mol. The number of pyridine rings is 1. The Hall–Kier alpha value is -2.96. The number of benzene rings is 1. The number of fused-ring (bicyclic) bond motifs is 1. The number of carbonyl (C=O) groups is 1. The molecule has 2 aliphatic heterocycles. The van der Waals surface area contributed by atoms with Gasteiger partial charge in [-0.15, -0.1) is 0 Å². The number of nitrogens with two attached hydrogens (primary N) is 1. The van der Waals surface area contributed by atoms with Crippen LogP contribution in [0.4, 0.5) is 13.2 Å². The Morgan fingerprint density at radius 3 is 2.44 bits per heavy atom. The van der Waals surface area contributed by atoms with Gasteiger partial charge in [-0.25, -0.2) is 9.98 Å². The van der Waals surface area contributed by atoms with E-state index in [4.69, 9.17) is 19.9 Å². The Bertz CT molecular complexity index is 1210. The summed E-state index contributed by atoms with van der Waals surface area (Å²) in [6.45, 7) is 9.58. The van der Waals surface area contributed by atoms with Crippen LogP contribution in [0.25, 0.3) is 10.9 Å². The standard InChI is InChI=1S/C27H36F3N5O4/c1-14(2)35-12-10-16(11-13-35)32-25(36)22-23(24(31)37-5)39-26(34-22)18-6-8-19(38-15(3)4)21-17(18)7-9-20(33-21)27(28,29)30/h6-9,14-16,22-24H,10-13,31H2,1-5H3,(H,32,36). The summed E-state index contributed by atoms with van der Waals surface area (Å²) in [6, 6.07) is 4.79. The van der Waals surface area contributed by atoms with E-state index in [1.165, 1.54) is 19.2 Å². The molecule has 3 N–H and O–H groups in total. The van der Waals surface area contributed by atoms with Crippen LogP contribution in [0.1, 0.15) is 51.8 Å². The second kappa shape index (κ2) is 11.6. The SMILES string of the molecule is COC(N)C1OC(c2ccc(OC(C)C)c3nc(C(F)(F)F)ccc23)=NC1C(=O)NC1CCN(C(C)C)CC1. The normalized spacial score (nSPS) is 21.8. The lowest BCUT2D eigenvalue weighted by molar-refractivity contribution is -0.141. The molecule has 0 aliphatic carbocycles. The summed E-state index contributed by atoms with van der Waals surface area (Å²) in [6.07, 6.45) is -5.20. The number of aliphatic imine (C=N–C) groups is 1. The second-order valence-corrected chi connectivity index (χ2v) is 10.4. The van der Waals surface area contributed by atoms with Crippen LogP contribution >= 0.6 is 0 Å². The van der Waals surface area contributed by atoms with Crippen molar-refractivity contribution < 1.29 is 32.2 Å². The van der Waals surface area contributed by atoms with Crippen LogP contribution in [-0.4, -0.2) is 78.4 Å². The lowest BCUT2D eigenvalue weighted by Crippen LogP contribution is -2.53. The molecule has 0 spiro atoms. The molecule has 2 aromatic rings. The molecular formula is C27H36F3N5O4. The molecular weight excluding hydrogens is 515 g/mol. The number of likely N-dealkylation sites (tertiary alicyclic amines) is 1. The third kappa shape index (κ3) is 6.44. The van der Waals surface area contributed by atoms with Gasteiger partial charge in [0.2, 0.25) is 11.8 Å². The van der Waals surface area contributed by atoms with Crippen molar-refractivity contribution in [3.8, 4) is 5.75 Å². The molecule has 0 bridgehead atoms. The van der Waals surface area contributed by atoms with Crippen molar-refractivity contribution >= 4 is 22.7 Å². The summed E-state index contributed by atoms with van der Waals surface area (Å²) in [5, 5.41) is 3.41. The number of halogens is 3. The molecule has 1 aromatic carbocycles. The van der Waals surface area contributed by atoms with E-state index in [9.17, 15) is 18.0 Å². The number of ether oxygens (including phenoxy) is 3. The molecule has 3 atom stereocenters. The number of nitrogens with zero attached hydrogens (tertiary/aromatic N) is 3. The maximum absolute atomic E-state index is 13.5. The van der Waals surface area contributed by atoms with Gasteiger partial charge in [-0.1, -0.05) is 0 Å². The van der Waals surface area contributed by atoms with Gasteiger partial charge in [-0.3, -0.25) is 4.79 Å². The van der Waals surface area contributed by atoms with E-state index in [1.807, 2.05) is 0 Å². The minimum absolute atomic E-state index is 0.00976. The Kier molecular flexibility index (Phi) is 8.67. The lowest BCUT2D eigenvalue weighted by Gasteiger charge is -2.35. The molecule has 9 nitrogen and oxygen atoms in total. The van der Waals surface area contributed by atoms with E-state index in [1.54, 1.807) is 19.9 Å². The van der Waals surface area contributed by atoms with Gasteiger partial charge in [0, 0.05) is 43.2 Å². The maximum atomic E-state index is 13.5. The van der Waals surface area contributed by atoms with E-state index in [-0.39, 0.29) is 35.2 Å². The fourth-order valence-electron chi connectivity index (χ4n) is 4.88. The van der Waals surface area contributed by atoms with Crippen LogP contribution in [-0.2, 0) is 20.4 Å². The lowest BCUT2D eigenvalue weighted by atomic mass is 10.0. The van der Waals surface area contributed by atoms with E-state index in [0.717, 1.165) is 32.0 Å². The molecule has 3 heterocycles. The number of nitrogens with one attached hydrogen (secondary N) is 1. The Morgan fingerprint density at radius 1 is 1.15 bits per heavy atom. The number of rotatable bonds is 8. The molecule has 214 valence electrons. The van der Waals surface area contributed by atoms with Gasteiger partial charge in [0.25, 0.3) is 0 Å². The number of piperidine rings is 1. The molecule has 39 heavy (non-hydrogen) atoms. The van der Waals surface area contributed by atoms with Crippen molar-refractivity contribution in [1.29, 1.82) is 0 Å². The monoisotopic (exact) mass is 551 g/mol. The van der Waals surface area contributed by atoms with Gasteiger partial charge in [-0.2, -0.15) is 13.2 Å².